The molecule has 138 valence electrons. The predicted octanol–water partition coefficient (Wildman–Crippen LogP) is 4.19. The van der Waals surface area contributed by atoms with Crippen LogP contribution < -0.4 is 4.74 Å². The molecule has 6 heteroatoms. The van der Waals surface area contributed by atoms with Gasteiger partial charge in [-0.15, -0.1) is 0 Å². The van der Waals surface area contributed by atoms with Crippen LogP contribution in [-0.2, 0) is 4.79 Å². The first-order valence-corrected chi connectivity index (χ1v) is 9.55. The van der Waals surface area contributed by atoms with Gasteiger partial charge >= 0.3 is 5.97 Å². The van der Waals surface area contributed by atoms with E-state index in [0.717, 1.165) is 39.9 Å². The number of hydrogen-bond acceptors (Lipinski definition) is 4. The second-order valence-electron chi connectivity index (χ2n) is 6.64. The van der Waals surface area contributed by atoms with Crippen LogP contribution in [0.4, 0.5) is 0 Å². The Bertz CT molecular complexity index is 779. The molecule has 1 aromatic heterocycles. The smallest absolute Gasteiger partial charge is 0.320 e. The van der Waals surface area contributed by atoms with Gasteiger partial charge in [-0.05, 0) is 56.1 Å². The Morgan fingerprint density at radius 3 is 2.81 bits per heavy atom. The summed E-state index contributed by atoms with van der Waals surface area (Å²) in [7, 11) is 1.64. The lowest BCUT2D eigenvalue weighted by Crippen LogP contribution is -2.47. The van der Waals surface area contributed by atoms with Crippen LogP contribution in [0.1, 0.15) is 42.1 Å². The number of methoxy groups -OCH3 is 1. The van der Waals surface area contributed by atoms with E-state index in [1.54, 1.807) is 7.11 Å². The number of carboxylic acids is 1. The SMILES string of the molecule is COc1ccc(Br)cc1C(c1ccc(C)cn1)N1CCCCC1C(=O)O. The first kappa shape index (κ1) is 18.9. The fourth-order valence-electron chi connectivity index (χ4n) is 3.60. The van der Waals surface area contributed by atoms with Gasteiger partial charge in [-0.3, -0.25) is 14.7 Å². The first-order chi connectivity index (χ1) is 12.5. The molecule has 2 unspecified atom stereocenters. The monoisotopic (exact) mass is 418 g/mol. The van der Waals surface area contributed by atoms with Crippen LogP contribution >= 0.6 is 15.9 Å². The number of pyridine rings is 1. The summed E-state index contributed by atoms with van der Waals surface area (Å²) >= 11 is 3.54. The molecule has 1 saturated heterocycles. The second-order valence-corrected chi connectivity index (χ2v) is 7.55. The number of aromatic nitrogens is 1. The van der Waals surface area contributed by atoms with Crippen molar-refractivity contribution in [2.75, 3.05) is 13.7 Å². The molecule has 1 aliphatic rings. The Balaban J connectivity index is 2.15. The molecule has 5 nitrogen and oxygen atoms in total. The number of benzene rings is 1. The molecular formula is C20H23BrN2O3. The number of nitrogens with zero attached hydrogens (tertiary/aromatic N) is 2. The number of carboxylic acid groups (broad SMARTS) is 1. The molecule has 0 radical (unpaired) electrons. The van der Waals surface area contributed by atoms with Crippen LogP contribution in [0.3, 0.4) is 0 Å². The summed E-state index contributed by atoms with van der Waals surface area (Å²) in [5, 5.41) is 9.77. The van der Waals surface area contributed by atoms with E-state index in [4.69, 9.17) is 4.74 Å². The molecular weight excluding hydrogens is 396 g/mol. The summed E-state index contributed by atoms with van der Waals surface area (Å²) in [4.78, 5) is 18.6. The molecule has 1 aliphatic heterocycles. The number of likely N-dealkylation sites (tertiary alicyclic amines) is 1. The summed E-state index contributed by atoms with van der Waals surface area (Å²) in [6, 6.07) is 9.02. The van der Waals surface area contributed by atoms with Crippen molar-refractivity contribution in [2.45, 2.75) is 38.3 Å². The van der Waals surface area contributed by atoms with Crippen molar-refractivity contribution >= 4 is 21.9 Å². The Kier molecular flexibility index (Phi) is 5.94. The van der Waals surface area contributed by atoms with Crippen LogP contribution in [0.2, 0.25) is 0 Å². The zero-order valence-corrected chi connectivity index (χ0v) is 16.6. The molecule has 3 rings (SSSR count). The topological polar surface area (TPSA) is 62.7 Å². The second kappa shape index (κ2) is 8.18. The predicted molar refractivity (Wildman–Crippen MR) is 103 cm³/mol. The third-order valence-electron chi connectivity index (χ3n) is 4.86. The summed E-state index contributed by atoms with van der Waals surface area (Å²) in [6.45, 7) is 2.71. The van der Waals surface area contributed by atoms with Gasteiger partial charge in [-0.2, -0.15) is 0 Å². The van der Waals surface area contributed by atoms with Gasteiger partial charge in [0.1, 0.15) is 11.8 Å². The Morgan fingerprint density at radius 2 is 2.15 bits per heavy atom. The molecule has 1 fully saturated rings. The van der Waals surface area contributed by atoms with E-state index in [-0.39, 0.29) is 6.04 Å². The number of aryl methyl sites for hydroxylation is 1. The van der Waals surface area contributed by atoms with E-state index in [0.29, 0.717) is 13.0 Å². The first-order valence-electron chi connectivity index (χ1n) is 8.76. The maximum atomic E-state index is 11.9. The van der Waals surface area contributed by atoms with E-state index in [1.165, 1.54) is 0 Å². The standard InChI is InChI=1S/C20H23BrN2O3/c1-13-6-8-16(22-12-13)19(15-11-14(21)7-9-18(15)26-2)23-10-4-3-5-17(23)20(24)25/h6-9,11-12,17,19H,3-5,10H2,1-2H3,(H,24,25). The number of halogens is 1. The van der Waals surface area contributed by atoms with Crippen LogP contribution in [-0.4, -0.2) is 40.7 Å². The highest BCUT2D eigenvalue weighted by atomic mass is 79.9. The largest absolute Gasteiger partial charge is 0.496 e. The maximum absolute atomic E-state index is 11.9. The summed E-state index contributed by atoms with van der Waals surface area (Å²) in [6.07, 6.45) is 4.38. The highest BCUT2D eigenvalue weighted by Gasteiger charge is 2.37. The third-order valence-corrected chi connectivity index (χ3v) is 5.35. The van der Waals surface area contributed by atoms with Gasteiger partial charge in [0.15, 0.2) is 0 Å². The highest BCUT2D eigenvalue weighted by Crippen LogP contribution is 2.39. The van der Waals surface area contributed by atoms with Gasteiger partial charge in [0.05, 0.1) is 18.8 Å². The quantitative estimate of drug-likeness (QED) is 0.788. The number of ether oxygens (including phenoxy) is 1. The fourth-order valence-corrected chi connectivity index (χ4v) is 3.97. The van der Waals surface area contributed by atoms with Crippen molar-refractivity contribution in [3.05, 3.63) is 57.8 Å². The number of carbonyl (C=O) groups is 1. The lowest BCUT2D eigenvalue weighted by atomic mass is 9.93. The normalized spacial score (nSPS) is 19.1. The van der Waals surface area contributed by atoms with Crippen molar-refractivity contribution in [3.63, 3.8) is 0 Å². The van der Waals surface area contributed by atoms with Crippen LogP contribution in [0.25, 0.3) is 0 Å². The molecule has 2 heterocycles. The van der Waals surface area contributed by atoms with E-state index in [9.17, 15) is 9.90 Å². The van der Waals surface area contributed by atoms with Gasteiger partial charge in [-0.25, -0.2) is 0 Å². The van der Waals surface area contributed by atoms with Crippen LogP contribution in [0.5, 0.6) is 5.75 Å². The van der Waals surface area contributed by atoms with E-state index < -0.39 is 12.0 Å². The fraction of sp³-hybridized carbons (Fsp3) is 0.400. The third kappa shape index (κ3) is 3.91. The minimum Gasteiger partial charge on any atom is -0.496 e. The molecule has 0 bridgehead atoms. The van der Waals surface area contributed by atoms with Crippen molar-refractivity contribution in [2.24, 2.45) is 0 Å². The lowest BCUT2D eigenvalue weighted by molar-refractivity contribution is -0.145. The van der Waals surface area contributed by atoms with Crippen molar-refractivity contribution in [1.82, 2.24) is 9.88 Å². The molecule has 0 spiro atoms. The number of hydrogen-bond donors (Lipinski definition) is 1. The average Bonchev–Trinajstić information content (AvgIpc) is 2.64. The minimum absolute atomic E-state index is 0.274. The molecule has 2 atom stereocenters. The number of rotatable bonds is 5. The van der Waals surface area contributed by atoms with Crippen LogP contribution in [0, 0.1) is 6.92 Å². The molecule has 0 aliphatic carbocycles. The zero-order chi connectivity index (χ0) is 18.7. The van der Waals surface area contributed by atoms with Gasteiger partial charge in [0, 0.05) is 16.2 Å². The van der Waals surface area contributed by atoms with E-state index in [2.05, 4.69) is 20.9 Å². The summed E-state index contributed by atoms with van der Waals surface area (Å²) < 4.78 is 6.52. The lowest BCUT2D eigenvalue weighted by Gasteiger charge is -2.39. The summed E-state index contributed by atoms with van der Waals surface area (Å²) in [5.74, 6) is -0.0499. The van der Waals surface area contributed by atoms with Gasteiger partial charge in [-0.1, -0.05) is 28.4 Å². The molecule has 2 aromatic rings. The summed E-state index contributed by atoms with van der Waals surface area (Å²) in [5.41, 5.74) is 2.83. The molecule has 0 amide bonds. The number of aliphatic carboxylic acids is 1. The molecule has 0 saturated carbocycles. The zero-order valence-electron chi connectivity index (χ0n) is 15.0. The average molecular weight is 419 g/mol. The Morgan fingerprint density at radius 1 is 1.35 bits per heavy atom. The van der Waals surface area contributed by atoms with E-state index >= 15 is 0 Å². The van der Waals surface area contributed by atoms with Crippen LogP contribution in [0.15, 0.2) is 41.0 Å². The maximum Gasteiger partial charge on any atom is 0.320 e. The van der Waals surface area contributed by atoms with Gasteiger partial charge in [0.2, 0.25) is 0 Å². The molecule has 1 aromatic carbocycles. The van der Waals surface area contributed by atoms with Crippen molar-refractivity contribution in [3.8, 4) is 5.75 Å². The van der Waals surface area contributed by atoms with Gasteiger partial charge < -0.3 is 9.84 Å². The highest BCUT2D eigenvalue weighted by molar-refractivity contribution is 9.10. The van der Waals surface area contributed by atoms with Crippen molar-refractivity contribution < 1.29 is 14.6 Å². The molecule has 1 N–H and O–H groups in total. The van der Waals surface area contributed by atoms with E-state index in [1.807, 2.05) is 48.4 Å². The Hall–Kier alpha value is -1.92. The minimum atomic E-state index is -0.782. The molecule has 26 heavy (non-hydrogen) atoms. The number of piperidine rings is 1. The van der Waals surface area contributed by atoms with Crippen molar-refractivity contribution in [1.29, 1.82) is 0 Å². The van der Waals surface area contributed by atoms with Gasteiger partial charge in [0.25, 0.3) is 0 Å². The Labute approximate surface area is 162 Å².